The highest BCUT2D eigenvalue weighted by atomic mass is 32.2. The number of hydrogen-bond acceptors (Lipinski definition) is 2. The number of nitrogens with one attached hydrogen (secondary N) is 1. The number of aryl methyl sites for hydroxylation is 1. The lowest BCUT2D eigenvalue weighted by atomic mass is 10.0. The molecule has 0 aliphatic heterocycles. The monoisotopic (exact) mass is 309 g/mol. The summed E-state index contributed by atoms with van der Waals surface area (Å²) in [5.41, 5.74) is -0.0429. The van der Waals surface area contributed by atoms with Crippen LogP contribution in [0.3, 0.4) is 0 Å². The van der Waals surface area contributed by atoms with E-state index in [4.69, 9.17) is 0 Å². The zero-order valence-corrected chi connectivity index (χ0v) is 12.6. The molecule has 0 bridgehead atoms. The number of rotatable bonds is 5. The van der Waals surface area contributed by atoms with Gasteiger partial charge in [-0.1, -0.05) is 13.0 Å². The second-order valence-corrected chi connectivity index (χ2v) is 6.30. The Morgan fingerprint density at radius 3 is 2.40 bits per heavy atom. The van der Waals surface area contributed by atoms with Gasteiger partial charge in [-0.3, -0.25) is 0 Å². The van der Waals surface area contributed by atoms with Gasteiger partial charge in [-0.05, 0) is 44.9 Å². The molecule has 7 heteroatoms. The molecule has 0 fully saturated rings. The topological polar surface area (TPSA) is 38.3 Å². The van der Waals surface area contributed by atoms with Gasteiger partial charge in [0.2, 0.25) is 0 Å². The molecule has 0 aliphatic carbocycles. The number of alkyl halides is 3. The molecule has 3 nitrogen and oxygen atoms in total. The molecule has 1 atom stereocenters. The molecular weight excluding hydrogens is 291 g/mol. The molecule has 0 aromatic heterocycles. The Morgan fingerprint density at radius 2 is 1.90 bits per heavy atom. The third-order valence-corrected chi connectivity index (χ3v) is 4.27. The predicted molar refractivity (Wildman–Crippen MR) is 71.8 cm³/mol. The summed E-state index contributed by atoms with van der Waals surface area (Å²) in [7, 11) is -1.60. The Bertz CT molecular complexity index is 501. The van der Waals surface area contributed by atoms with E-state index in [1.807, 2.05) is 20.8 Å². The van der Waals surface area contributed by atoms with Crippen LogP contribution in [0, 0.1) is 6.92 Å². The summed E-state index contributed by atoms with van der Waals surface area (Å²) in [5, 5.41) is 0. The van der Waals surface area contributed by atoms with Crippen LogP contribution in [0.1, 0.15) is 32.8 Å². The molecule has 1 aromatic carbocycles. The van der Waals surface area contributed by atoms with Gasteiger partial charge in [-0.25, -0.2) is 8.93 Å². The van der Waals surface area contributed by atoms with E-state index in [2.05, 4.69) is 9.46 Å². The Kier molecular flexibility index (Phi) is 5.21. The molecule has 114 valence electrons. The number of hydrogen-bond donors (Lipinski definition) is 1. The summed E-state index contributed by atoms with van der Waals surface area (Å²) in [5.74, 6) is -0.334. The van der Waals surface area contributed by atoms with E-state index in [9.17, 15) is 17.4 Å². The fraction of sp³-hybridized carbons (Fsp3) is 0.538. The maximum absolute atomic E-state index is 12.3. The molecule has 1 N–H and O–H groups in total. The largest absolute Gasteiger partial charge is 0.573 e. The van der Waals surface area contributed by atoms with E-state index in [-0.39, 0.29) is 16.2 Å². The Morgan fingerprint density at radius 1 is 1.30 bits per heavy atom. The van der Waals surface area contributed by atoms with Crippen LogP contribution in [0.5, 0.6) is 5.75 Å². The van der Waals surface area contributed by atoms with Crippen molar-refractivity contribution >= 4 is 11.0 Å². The number of ether oxygens (including phenoxy) is 1. The highest BCUT2D eigenvalue weighted by molar-refractivity contribution is 7.83. The Balaban J connectivity index is 2.98. The molecule has 0 saturated heterocycles. The normalized spacial score (nSPS) is 14.2. The van der Waals surface area contributed by atoms with Crippen molar-refractivity contribution in [3.05, 3.63) is 23.8 Å². The van der Waals surface area contributed by atoms with Gasteiger partial charge in [-0.2, -0.15) is 0 Å². The van der Waals surface area contributed by atoms with E-state index in [1.54, 1.807) is 0 Å². The highest BCUT2D eigenvalue weighted by Gasteiger charge is 2.32. The van der Waals surface area contributed by atoms with Crippen molar-refractivity contribution in [1.29, 1.82) is 0 Å². The van der Waals surface area contributed by atoms with E-state index < -0.39 is 17.3 Å². The second kappa shape index (κ2) is 6.13. The lowest BCUT2D eigenvalue weighted by molar-refractivity contribution is -0.274. The zero-order valence-electron chi connectivity index (χ0n) is 11.8. The smallest absolute Gasteiger partial charge is 0.405 e. The van der Waals surface area contributed by atoms with E-state index in [1.165, 1.54) is 19.1 Å². The number of benzene rings is 1. The Hall–Kier alpha value is -1.08. The van der Waals surface area contributed by atoms with Crippen molar-refractivity contribution in [2.24, 2.45) is 0 Å². The summed E-state index contributed by atoms with van der Waals surface area (Å²) < 4.78 is 55.7. The third-order valence-electron chi connectivity index (χ3n) is 2.85. The van der Waals surface area contributed by atoms with Crippen molar-refractivity contribution in [2.45, 2.75) is 50.9 Å². The lowest BCUT2D eigenvalue weighted by Gasteiger charge is -2.23. The summed E-state index contributed by atoms with van der Waals surface area (Å²) in [4.78, 5) is 0.247. The fourth-order valence-electron chi connectivity index (χ4n) is 1.31. The molecule has 0 saturated carbocycles. The van der Waals surface area contributed by atoms with Crippen molar-refractivity contribution in [3.63, 3.8) is 0 Å². The van der Waals surface area contributed by atoms with Crippen LogP contribution in [0.4, 0.5) is 13.2 Å². The van der Waals surface area contributed by atoms with E-state index >= 15 is 0 Å². The molecule has 1 rings (SSSR count). The minimum atomic E-state index is -4.76. The zero-order chi connectivity index (χ0) is 15.6. The average molecular weight is 309 g/mol. The van der Waals surface area contributed by atoms with Gasteiger partial charge in [0.15, 0.2) is 0 Å². The van der Waals surface area contributed by atoms with Crippen molar-refractivity contribution in [3.8, 4) is 5.75 Å². The molecular formula is C13H18F3NO2S. The van der Waals surface area contributed by atoms with Crippen molar-refractivity contribution in [2.75, 3.05) is 0 Å². The highest BCUT2D eigenvalue weighted by Crippen LogP contribution is 2.28. The molecule has 0 spiro atoms. The van der Waals surface area contributed by atoms with E-state index in [0.29, 0.717) is 5.56 Å². The van der Waals surface area contributed by atoms with Gasteiger partial charge in [0.1, 0.15) is 16.7 Å². The second-order valence-electron chi connectivity index (χ2n) is 5.08. The van der Waals surface area contributed by atoms with Crippen LogP contribution < -0.4 is 9.46 Å². The summed E-state index contributed by atoms with van der Waals surface area (Å²) in [6.07, 6.45) is -4.03. The number of halogens is 3. The summed E-state index contributed by atoms with van der Waals surface area (Å²) in [6, 6.07) is 4.13. The predicted octanol–water partition coefficient (Wildman–Crippen LogP) is 3.69. The van der Waals surface area contributed by atoms with Gasteiger partial charge in [0, 0.05) is 5.54 Å². The van der Waals surface area contributed by atoms with Gasteiger partial charge in [0.05, 0.1) is 4.90 Å². The first-order valence-electron chi connectivity index (χ1n) is 6.10. The van der Waals surface area contributed by atoms with Crippen LogP contribution in [0.25, 0.3) is 0 Å². The molecule has 0 radical (unpaired) electrons. The van der Waals surface area contributed by atoms with Crippen LogP contribution in [0.2, 0.25) is 0 Å². The first-order chi connectivity index (χ1) is 9.04. The Labute approximate surface area is 119 Å². The summed E-state index contributed by atoms with van der Waals surface area (Å²) in [6.45, 7) is 7.16. The molecule has 0 amide bonds. The first kappa shape index (κ1) is 17.0. The van der Waals surface area contributed by atoms with Crippen LogP contribution in [-0.4, -0.2) is 16.1 Å². The molecule has 1 unspecified atom stereocenters. The molecule has 1 aromatic rings. The standard InChI is InChI=1S/C13H18F3NO2S/c1-5-12(3,4)17-20(18)10-7-6-9(2)11(8-10)19-13(14,15)16/h6-8,17H,5H2,1-4H3. The average Bonchev–Trinajstić information content (AvgIpc) is 2.29. The van der Waals surface area contributed by atoms with Gasteiger partial charge in [0.25, 0.3) is 0 Å². The minimum absolute atomic E-state index is 0.247. The van der Waals surface area contributed by atoms with Crippen molar-refractivity contribution in [1.82, 2.24) is 4.72 Å². The van der Waals surface area contributed by atoms with Crippen LogP contribution in [-0.2, 0) is 11.0 Å². The first-order valence-corrected chi connectivity index (χ1v) is 7.25. The molecule has 0 heterocycles. The maximum atomic E-state index is 12.3. The quantitative estimate of drug-likeness (QED) is 0.901. The maximum Gasteiger partial charge on any atom is 0.573 e. The molecule has 20 heavy (non-hydrogen) atoms. The lowest BCUT2D eigenvalue weighted by Crippen LogP contribution is -2.39. The SMILES string of the molecule is CCC(C)(C)NS(=O)c1ccc(C)c(OC(F)(F)F)c1. The van der Waals surface area contributed by atoms with Crippen LogP contribution >= 0.6 is 0 Å². The van der Waals surface area contributed by atoms with Gasteiger partial charge >= 0.3 is 6.36 Å². The fourth-order valence-corrected chi connectivity index (χ4v) is 2.48. The van der Waals surface area contributed by atoms with Gasteiger partial charge < -0.3 is 4.74 Å². The minimum Gasteiger partial charge on any atom is -0.405 e. The van der Waals surface area contributed by atoms with Gasteiger partial charge in [-0.15, -0.1) is 13.2 Å². The van der Waals surface area contributed by atoms with Crippen molar-refractivity contribution < 1.29 is 22.1 Å². The summed E-state index contributed by atoms with van der Waals surface area (Å²) >= 11 is 0. The molecule has 0 aliphatic rings. The van der Waals surface area contributed by atoms with E-state index in [0.717, 1.165) is 12.5 Å². The third kappa shape index (κ3) is 5.13. The van der Waals surface area contributed by atoms with Crippen LogP contribution in [0.15, 0.2) is 23.1 Å².